The van der Waals surface area contributed by atoms with E-state index in [1.807, 2.05) is 12.5 Å². The van der Waals surface area contributed by atoms with Crippen LogP contribution in [0.25, 0.3) is 0 Å². The second-order valence-corrected chi connectivity index (χ2v) is 9.87. The maximum Gasteiger partial charge on any atom is 0.302 e. The van der Waals surface area contributed by atoms with E-state index in [2.05, 4.69) is 27.7 Å². The van der Waals surface area contributed by atoms with E-state index < -0.39 is 0 Å². The molecule has 4 rings (SSSR count). The van der Waals surface area contributed by atoms with E-state index in [1.165, 1.54) is 30.4 Å². The summed E-state index contributed by atoms with van der Waals surface area (Å²) in [4.78, 5) is 11.6. The van der Waals surface area contributed by atoms with Gasteiger partial charge in [-0.3, -0.25) is 4.79 Å². The lowest BCUT2D eigenvalue weighted by Gasteiger charge is -2.64. The van der Waals surface area contributed by atoms with Gasteiger partial charge in [-0.1, -0.05) is 27.7 Å². The summed E-state index contributed by atoms with van der Waals surface area (Å²) in [6.45, 7) is 11.2. The Hall–Kier alpha value is -1.25. The van der Waals surface area contributed by atoms with E-state index in [-0.39, 0.29) is 22.9 Å². The first-order valence-electron chi connectivity index (χ1n) is 9.92. The van der Waals surface area contributed by atoms with E-state index in [0.29, 0.717) is 17.3 Å². The molecule has 25 heavy (non-hydrogen) atoms. The number of hydrogen-bond donors (Lipinski definition) is 0. The highest BCUT2D eigenvalue weighted by atomic mass is 16.5. The van der Waals surface area contributed by atoms with Gasteiger partial charge in [-0.05, 0) is 72.3 Å². The van der Waals surface area contributed by atoms with Crippen LogP contribution in [0.15, 0.2) is 16.9 Å². The van der Waals surface area contributed by atoms with Gasteiger partial charge in [0.05, 0.1) is 12.5 Å². The summed E-state index contributed by atoms with van der Waals surface area (Å²) in [5.74, 6) is 1.15. The minimum Gasteiger partial charge on any atom is -0.472 e. The molecule has 5 atom stereocenters. The Morgan fingerprint density at radius 2 is 1.84 bits per heavy atom. The van der Waals surface area contributed by atoms with Crippen molar-refractivity contribution in [2.75, 3.05) is 0 Å². The lowest BCUT2D eigenvalue weighted by molar-refractivity contribution is -0.185. The molecule has 0 bridgehead atoms. The number of carbonyl (C=O) groups excluding carboxylic acids is 1. The summed E-state index contributed by atoms with van der Waals surface area (Å²) in [5, 5.41) is 0. The van der Waals surface area contributed by atoms with Crippen LogP contribution in [0.4, 0.5) is 0 Å². The topological polar surface area (TPSA) is 39.4 Å². The number of esters is 1. The molecule has 0 N–H and O–H groups in total. The first-order valence-corrected chi connectivity index (χ1v) is 9.92. The van der Waals surface area contributed by atoms with E-state index in [1.54, 1.807) is 6.92 Å². The SMILES string of the molecule is CC(=O)OC1CCC2(C)C3CCc4cocc4C3(C)CCC2C1(C)C. The van der Waals surface area contributed by atoms with Crippen LogP contribution in [0.2, 0.25) is 0 Å². The Balaban J connectivity index is 1.71. The van der Waals surface area contributed by atoms with Crippen LogP contribution in [0.5, 0.6) is 0 Å². The molecule has 3 aliphatic rings. The van der Waals surface area contributed by atoms with Crippen LogP contribution >= 0.6 is 0 Å². The zero-order chi connectivity index (χ0) is 18.0. The lowest BCUT2D eigenvalue weighted by Crippen LogP contribution is -2.61. The van der Waals surface area contributed by atoms with E-state index >= 15 is 0 Å². The normalized spacial score (nSPS) is 42.0. The van der Waals surface area contributed by atoms with Gasteiger partial charge >= 0.3 is 5.97 Å². The number of hydrogen-bond acceptors (Lipinski definition) is 3. The molecular formula is C22H32O3. The second-order valence-electron chi connectivity index (χ2n) is 9.87. The summed E-state index contributed by atoms with van der Waals surface area (Å²) in [6.07, 6.45) is 11.0. The molecule has 1 aromatic heterocycles. The monoisotopic (exact) mass is 344 g/mol. The average Bonchev–Trinajstić information content (AvgIpc) is 2.99. The maximum absolute atomic E-state index is 11.6. The molecule has 0 radical (unpaired) electrons. The third-order valence-electron chi connectivity index (χ3n) is 8.35. The first kappa shape index (κ1) is 17.2. The predicted octanol–water partition coefficient (Wildman–Crippen LogP) is 5.27. The van der Waals surface area contributed by atoms with Gasteiger partial charge in [0, 0.05) is 12.3 Å². The highest BCUT2D eigenvalue weighted by Crippen LogP contribution is 2.67. The molecule has 0 aromatic carbocycles. The summed E-state index contributed by atoms with van der Waals surface area (Å²) in [6, 6.07) is 0. The zero-order valence-corrected chi connectivity index (χ0v) is 16.4. The van der Waals surface area contributed by atoms with Crippen molar-refractivity contribution in [1.29, 1.82) is 0 Å². The van der Waals surface area contributed by atoms with Crippen molar-refractivity contribution in [2.45, 2.75) is 84.7 Å². The number of carbonyl (C=O) groups is 1. The Morgan fingerprint density at radius 3 is 2.56 bits per heavy atom. The Kier molecular flexibility index (Phi) is 3.69. The third-order valence-corrected chi connectivity index (χ3v) is 8.35. The minimum atomic E-state index is -0.136. The largest absolute Gasteiger partial charge is 0.472 e. The maximum atomic E-state index is 11.6. The summed E-state index contributed by atoms with van der Waals surface area (Å²) in [5.41, 5.74) is 3.46. The van der Waals surface area contributed by atoms with E-state index in [4.69, 9.17) is 9.15 Å². The Labute approximate surface area is 151 Å². The summed E-state index contributed by atoms with van der Waals surface area (Å²) < 4.78 is 11.3. The molecule has 3 aliphatic carbocycles. The van der Waals surface area contributed by atoms with Crippen molar-refractivity contribution in [3.05, 3.63) is 23.7 Å². The summed E-state index contributed by atoms with van der Waals surface area (Å²) in [7, 11) is 0. The van der Waals surface area contributed by atoms with Crippen LogP contribution in [-0.2, 0) is 21.4 Å². The van der Waals surface area contributed by atoms with E-state index in [9.17, 15) is 4.79 Å². The predicted molar refractivity (Wildman–Crippen MR) is 97.3 cm³/mol. The fourth-order valence-corrected chi connectivity index (χ4v) is 7.23. The van der Waals surface area contributed by atoms with Gasteiger partial charge in [-0.25, -0.2) is 0 Å². The van der Waals surface area contributed by atoms with Crippen molar-refractivity contribution < 1.29 is 13.9 Å². The van der Waals surface area contributed by atoms with Gasteiger partial charge in [0.2, 0.25) is 0 Å². The molecule has 0 saturated heterocycles. The number of rotatable bonds is 1. The van der Waals surface area contributed by atoms with Crippen molar-refractivity contribution in [3.8, 4) is 0 Å². The van der Waals surface area contributed by atoms with Gasteiger partial charge in [-0.2, -0.15) is 0 Å². The van der Waals surface area contributed by atoms with Crippen LogP contribution in [-0.4, -0.2) is 12.1 Å². The van der Waals surface area contributed by atoms with Crippen molar-refractivity contribution in [1.82, 2.24) is 0 Å². The quantitative estimate of drug-likeness (QED) is 0.652. The van der Waals surface area contributed by atoms with Gasteiger partial charge in [0.25, 0.3) is 0 Å². The standard InChI is InChI=1S/C22H32O3/c1-14(23)25-19-9-11-22(5)17(20(19,2)3)8-10-21(4)16-13-24-12-15(16)6-7-18(21)22/h12-13,17-19H,6-11H2,1-5H3. The fraction of sp³-hybridized carbons (Fsp3) is 0.773. The van der Waals surface area contributed by atoms with Gasteiger partial charge < -0.3 is 9.15 Å². The van der Waals surface area contributed by atoms with Crippen LogP contribution in [0, 0.1) is 22.7 Å². The van der Waals surface area contributed by atoms with Crippen LogP contribution in [0.1, 0.15) is 77.8 Å². The van der Waals surface area contributed by atoms with Crippen molar-refractivity contribution >= 4 is 5.97 Å². The highest BCUT2D eigenvalue weighted by Gasteiger charge is 2.62. The number of fused-ring (bicyclic) bond motifs is 5. The molecule has 3 nitrogen and oxygen atoms in total. The smallest absolute Gasteiger partial charge is 0.302 e. The molecule has 2 fully saturated rings. The molecule has 138 valence electrons. The molecule has 1 aromatic rings. The minimum absolute atomic E-state index is 0.0384. The molecule has 2 saturated carbocycles. The number of ether oxygens (including phenoxy) is 1. The molecule has 0 amide bonds. The van der Waals surface area contributed by atoms with Gasteiger partial charge in [0.15, 0.2) is 0 Å². The van der Waals surface area contributed by atoms with Gasteiger partial charge in [-0.15, -0.1) is 0 Å². The lowest BCUT2D eigenvalue weighted by atomic mass is 9.40. The Morgan fingerprint density at radius 1 is 1.08 bits per heavy atom. The number of aryl methyl sites for hydroxylation is 1. The highest BCUT2D eigenvalue weighted by molar-refractivity contribution is 5.66. The molecule has 3 heteroatoms. The number of furan rings is 1. The van der Waals surface area contributed by atoms with Crippen LogP contribution < -0.4 is 0 Å². The zero-order valence-electron chi connectivity index (χ0n) is 16.4. The molecular weight excluding hydrogens is 312 g/mol. The Bertz CT molecular complexity index is 687. The van der Waals surface area contributed by atoms with Crippen molar-refractivity contribution in [2.24, 2.45) is 22.7 Å². The van der Waals surface area contributed by atoms with Gasteiger partial charge in [0.1, 0.15) is 6.10 Å². The molecule has 0 spiro atoms. The average molecular weight is 344 g/mol. The van der Waals surface area contributed by atoms with Crippen molar-refractivity contribution in [3.63, 3.8) is 0 Å². The molecule has 5 unspecified atom stereocenters. The molecule has 1 heterocycles. The second kappa shape index (κ2) is 5.37. The summed E-state index contributed by atoms with van der Waals surface area (Å²) >= 11 is 0. The van der Waals surface area contributed by atoms with E-state index in [0.717, 1.165) is 19.3 Å². The molecule has 0 aliphatic heterocycles. The fourth-order valence-electron chi connectivity index (χ4n) is 7.23. The third kappa shape index (κ3) is 2.27. The first-order chi connectivity index (χ1) is 11.7. The van der Waals surface area contributed by atoms with Crippen LogP contribution in [0.3, 0.4) is 0 Å².